The van der Waals surface area contributed by atoms with Crippen LogP contribution in [0, 0.1) is 5.82 Å². The van der Waals surface area contributed by atoms with Crippen molar-refractivity contribution < 1.29 is 9.50 Å². The molecule has 0 aliphatic carbocycles. The Balaban J connectivity index is 2.79. The van der Waals surface area contributed by atoms with Crippen molar-refractivity contribution in [3.63, 3.8) is 0 Å². The third kappa shape index (κ3) is 2.06. The summed E-state index contributed by atoms with van der Waals surface area (Å²) in [6, 6.07) is 4.28. The number of aromatic amines is 1. The van der Waals surface area contributed by atoms with Gasteiger partial charge in [-0.2, -0.15) is 4.39 Å². The van der Waals surface area contributed by atoms with E-state index >= 15 is 0 Å². The molecule has 0 spiro atoms. The first-order valence-corrected chi connectivity index (χ1v) is 5.78. The van der Waals surface area contributed by atoms with Crippen LogP contribution in [-0.2, 0) is 0 Å². The molecule has 8 heteroatoms. The average molecular weight is 336 g/mol. The lowest BCUT2D eigenvalue weighted by molar-refractivity contribution is 0.386. The van der Waals surface area contributed by atoms with E-state index in [1.165, 1.54) is 18.2 Å². The first-order valence-electron chi connectivity index (χ1n) is 4.61. The molecule has 0 unspecified atom stereocenters. The zero-order valence-electron chi connectivity index (χ0n) is 8.58. The highest BCUT2D eigenvalue weighted by Crippen LogP contribution is 2.25. The molecule has 2 aromatic rings. The topological polar surface area (TPSA) is 75.1 Å². The molecule has 0 saturated carbocycles. The maximum atomic E-state index is 13.2. The molecular formula is C10H5BrClFN2O3. The molecule has 2 N–H and O–H groups in total. The zero-order chi connectivity index (χ0) is 13.4. The summed E-state index contributed by atoms with van der Waals surface area (Å²) < 4.78 is 14.4. The smallest absolute Gasteiger partial charge is 0.335 e. The van der Waals surface area contributed by atoms with Crippen LogP contribution in [0.25, 0.3) is 5.69 Å². The van der Waals surface area contributed by atoms with Crippen LogP contribution in [0.4, 0.5) is 4.39 Å². The Hall–Kier alpha value is -1.60. The number of benzene rings is 1. The molecule has 0 atom stereocenters. The van der Waals surface area contributed by atoms with Crippen LogP contribution in [0.5, 0.6) is 5.88 Å². The first-order chi connectivity index (χ1) is 8.41. The zero-order valence-corrected chi connectivity index (χ0v) is 10.9. The van der Waals surface area contributed by atoms with Crippen molar-refractivity contribution >= 4 is 27.5 Å². The number of hydrogen-bond donors (Lipinski definition) is 2. The Bertz CT molecular complexity index is 741. The highest BCUT2D eigenvalue weighted by molar-refractivity contribution is 9.10. The quantitative estimate of drug-likeness (QED) is 0.834. The molecule has 0 saturated heterocycles. The van der Waals surface area contributed by atoms with Crippen LogP contribution in [-0.4, -0.2) is 14.7 Å². The van der Waals surface area contributed by atoms with Crippen LogP contribution in [0.2, 0.25) is 5.02 Å². The van der Waals surface area contributed by atoms with Crippen molar-refractivity contribution in [2.75, 3.05) is 0 Å². The fourth-order valence-corrected chi connectivity index (χ4v) is 1.79. The lowest BCUT2D eigenvalue weighted by atomic mass is 10.3. The van der Waals surface area contributed by atoms with E-state index in [0.29, 0.717) is 9.04 Å². The standard InChI is InChI=1S/C10H5BrClFN2O3/c11-5-2-1-4(3-6(5)12)15-9(17)7(13)8(16)14-10(15)18/h1-3,17H,(H,14,16,18). The van der Waals surface area contributed by atoms with E-state index in [1.54, 1.807) is 4.98 Å². The summed E-state index contributed by atoms with van der Waals surface area (Å²) >= 11 is 8.98. The lowest BCUT2D eigenvalue weighted by Crippen LogP contribution is -2.30. The second kappa shape index (κ2) is 4.58. The van der Waals surface area contributed by atoms with Crippen molar-refractivity contribution in [3.8, 4) is 11.6 Å². The van der Waals surface area contributed by atoms with Crippen LogP contribution >= 0.6 is 27.5 Å². The summed E-state index contributed by atoms with van der Waals surface area (Å²) in [7, 11) is 0. The highest BCUT2D eigenvalue weighted by atomic mass is 79.9. The van der Waals surface area contributed by atoms with Gasteiger partial charge in [-0.25, -0.2) is 9.36 Å². The second-order valence-corrected chi connectivity index (χ2v) is 4.59. The van der Waals surface area contributed by atoms with Gasteiger partial charge in [0.25, 0.3) is 5.56 Å². The Labute approximate surface area is 113 Å². The third-order valence-corrected chi connectivity index (χ3v) is 3.42. The molecule has 1 aromatic carbocycles. The van der Waals surface area contributed by atoms with Crippen LogP contribution in [0.1, 0.15) is 0 Å². The number of aromatic hydroxyl groups is 1. The summed E-state index contributed by atoms with van der Waals surface area (Å²) in [6.07, 6.45) is 0. The van der Waals surface area contributed by atoms with Gasteiger partial charge >= 0.3 is 5.69 Å². The largest absolute Gasteiger partial charge is 0.492 e. The Kier molecular flexibility index (Phi) is 3.27. The summed E-state index contributed by atoms with van der Waals surface area (Å²) in [5.74, 6) is -2.50. The molecule has 0 amide bonds. The van der Waals surface area contributed by atoms with E-state index in [-0.39, 0.29) is 10.7 Å². The molecule has 0 aliphatic rings. The molecule has 2 rings (SSSR count). The van der Waals surface area contributed by atoms with Gasteiger partial charge in [0.05, 0.1) is 10.7 Å². The Morgan fingerprint density at radius 1 is 1.39 bits per heavy atom. The van der Waals surface area contributed by atoms with Crippen LogP contribution < -0.4 is 11.2 Å². The molecule has 18 heavy (non-hydrogen) atoms. The van der Waals surface area contributed by atoms with Crippen molar-refractivity contribution in [2.24, 2.45) is 0 Å². The van der Waals surface area contributed by atoms with E-state index in [9.17, 15) is 19.1 Å². The minimum Gasteiger partial charge on any atom is -0.492 e. The van der Waals surface area contributed by atoms with Crippen molar-refractivity contribution in [1.29, 1.82) is 0 Å². The molecule has 1 heterocycles. The van der Waals surface area contributed by atoms with Crippen molar-refractivity contribution in [3.05, 3.63) is 54.3 Å². The van der Waals surface area contributed by atoms with Gasteiger partial charge in [0.2, 0.25) is 11.7 Å². The SMILES string of the molecule is O=c1[nH]c(=O)n(-c2ccc(Br)c(Cl)c2)c(O)c1F. The van der Waals surface area contributed by atoms with Crippen LogP contribution in [0.15, 0.2) is 32.3 Å². The molecule has 0 bridgehead atoms. The number of nitrogens with one attached hydrogen (secondary N) is 1. The van der Waals surface area contributed by atoms with Gasteiger partial charge < -0.3 is 5.11 Å². The Morgan fingerprint density at radius 2 is 2.06 bits per heavy atom. The number of halogens is 3. The molecule has 0 radical (unpaired) electrons. The van der Waals surface area contributed by atoms with Crippen molar-refractivity contribution in [2.45, 2.75) is 0 Å². The molecular weight excluding hydrogens is 330 g/mol. The summed E-state index contributed by atoms with van der Waals surface area (Å²) in [6.45, 7) is 0. The minimum atomic E-state index is -1.44. The average Bonchev–Trinajstić information content (AvgIpc) is 2.31. The third-order valence-electron chi connectivity index (χ3n) is 2.19. The monoisotopic (exact) mass is 334 g/mol. The predicted molar refractivity (Wildman–Crippen MR) is 67.0 cm³/mol. The van der Waals surface area contributed by atoms with Gasteiger partial charge in [-0.15, -0.1) is 0 Å². The van der Waals surface area contributed by atoms with E-state index in [1.807, 2.05) is 0 Å². The van der Waals surface area contributed by atoms with Gasteiger partial charge in [0.15, 0.2) is 0 Å². The minimum absolute atomic E-state index is 0.126. The number of hydrogen-bond acceptors (Lipinski definition) is 3. The van der Waals surface area contributed by atoms with Crippen molar-refractivity contribution in [1.82, 2.24) is 9.55 Å². The molecule has 5 nitrogen and oxygen atoms in total. The van der Waals surface area contributed by atoms with E-state index in [2.05, 4.69) is 15.9 Å². The Morgan fingerprint density at radius 3 is 2.67 bits per heavy atom. The number of aromatic nitrogens is 2. The predicted octanol–water partition coefficient (Wildman–Crippen LogP) is 1.79. The number of nitrogens with zero attached hydrogens (tertiary/aromatic N) is 1. The molecule has 1 aromatic heterocycles. The summed E-state index contributed by atoms with van der Waals surface area (Å²) in [5.41, 5.74) is -2.12. The maximum absolute atomic E-state index is 13.2. The molecule has 94 valence electrons. The maximum Gasteiger partial charge on any atom is 0.335 e. The fraction of sp³-hybridized carbons (Fsp3) is 0. The lowest BCUT2D eigenvalue weighted by Gasteiger charge is -2.08. The molecule has 0 aliphatic heterocycles. The molecule has 0 fully saturated rings. The normalized spacial score (nSPS) is 10.6. The van der Waals surface area contributed by atoms with Gasteiger partial charge in [0, 0.05) is 4.47 Å². The van der Waals surface area contributed by atoms with Gasteiger partial charge in [0.1, 0.15) is 0 Å². The summed E-state index contributed by atoms with van der Waals surface area (Å²) in [5, 5.41) is 9.75. The van der Waals surface area contributed by atoms with E-state index in [0.717, 1.165) is 0 Å². The van der Waals surface area contributed by atoms with Gasteiger partial charge in [-0.1, -0.05) is 11.6 Å². The van der Waals surface area contributed by atoms with E-state index < -0.39 is 22.9 Å². The first kappa shape index (κ1) is 12.8. The summed E-state index contributed by atoms with van der Waals surface area (Å²) in [4.78, 5) is 24.2. The van der Waals surface area contributed by atoms with Gasteiger partial charge in [-0.3, -0.25) is 9.78 Å². The van der Waals surface area contributed by atoms with E-state index in [4.69, 9.17) is 11.6 Å². The number of rotatable bonds is 1. The van der Waals surface area contributed by atoms with Crippen LogP contribution in [0.3, 0.4) is 0 Å². The highest BCUT2D eigenvalue weighted by Gasteiger charge is 2.15. The number of H-pyrrole nitrogens is 1. The second-order valence-electron chi connectivity index (χ2n) is 3.33. The van der Waals surface area contributed by atoms with Gasteiger partial charge in [-0.05, 0) is 34.1 Å². The fourth-order valence-electron chi connectivity index (χ4n) is 1.37.